The van der Waals surface area contributed by atoms with Crippen molar-refractivity contribution in [3.05, 3.63) is 76.3 Å². The van der Waals surface area contributed by atoms with E-state index in [1.165, 1.54) is 35.7 Å². The summed E-state index contributed by atoms with van der Waals surface area (Å²) in [6.07, 6.45) is -2.60. The molecule has 0 fully saturated rings. The molecule has 10 heteroatoms. The summed E-state index contributed by atoms with van der Waals surface area (Å²) in [6.45, 7) is 0.161. The Morgan fingerprint density at radius 2 is 1.77 bits per heavy atom. The van der Waals surface area contributed by atoms with Gasteiger partial charge in [0.1, 0.15) is 0 Å². The third-order valence-corrected chi connectivity index (χ3v) is 5.26. The standard InChI is InChI=1S/C21H18F3N3O3S/c22-21(23,24)16-3-1-2-4-17(16)25-11-13-5-7-14(8-6-13)19(30)27-20-26-12-15(31-20)9-10-18(28)29/h1-8,12,25H,9-11H2,(H,28,29)(H,26,27,30). The van der Waals surface area contributed by atoms with Crippen LogP contribution >= 0.6 is 11.3 Å². The average Bonchev–Trinajstić information content (AvgIpc) is 3.18. The second kappa shape index (κ2) is 9.61. The highest BCUT2D eigenvalue weighted by Crippen LogP contribution is 2.34. The SMILES string of the molecule is O=C(O)CCc1cnc(NC(=O)c2ccc(CNc3ccccc3C(F)(F)F)cc2)s1. The van der Waals surface area contributed by atoms with Crippen LogP contribution < -0.4 is 10.6 Å². The number of aryl methyl sites for hydroxylation is 1. The largest absolute Gasteiger partial charge is 0.481 e. The molecule has 162 valence electrons. The minimum atomic E-state index is -4.45. The number of hydrogen-bond acceptors (Lipinski definition) is 5. The second-order valence-corrected chi connectivity index (χ2v) is 7.69. The van der Waals surface area contributed by atoms with Crippen LogP contribution in [0.1, 0.15) is 32.8 Å². The van der Waals surface area contributed by atoms with Gasteiger partial charge in [-0.05, 0) is 36.2 Å². The zero-order chi connectivity index (χ0) is 22.4. The Morgan fingerprint density at radius 1 is 1.06 bits per heavy atom. The van der Waals surface area contributed by atoms with Crippen LogP contribution in [0.5, 0.6) is 0 Å². The molecule has 1 aromatic heterocycles. The van der Waals surface area contributed by atoms with Gasteiger partial charge < -0.3 is 10.4 Å². The Balaban J connectivity index is 1.58. The number of hydrogen-bond donors (Lipinski definition) is 3. The Morgan fingerprint density at radius 3 is 2.45 bits per heavy atom. The van der Waals surface area contributed by atoms with Crippen LogP contribution in [-0.4, -0.2) is 22.0 Å². The van der Waals surface area contributed by atoms with Crippen molar-refractivity contribution in [2.75, 3.05) is 10.6 Å². The van der Waals surface area contributed by atoms with Gasteiger partial charge in [0.25, 0.3) is 5.91 Å². The zero-order valence-corrected chi connectivity index (χ0v) is 16.9. The fraction of sp³-hybridized carbons (Fsp3) is 0.190. The van der Waals surface area contributed by atoms with Crippen molar-refractivity contribution >= 4 is 34.0 Å². The van der Waals surface area contributed by atoms with E-state index in [2.05, 4.69) is 15.6 Å². The maximum Gasteiger partial charge on any atom is 0.418 e. The normalized spacial score (nSPS) is 11.2. The van der Waals surface area contributed by atoms with E-state index in [1.807, 2.05) is 0 Å². The second-order valence-electron chi connectivity index (χ2n) is 6.57. The number of benzene rings is 2. The number of carbonyl (C=O) groups excluding carboxylic acids is 1. The number of rotatable bonds is 8. The summed E-state index contributed by atoms with van der Waals surface area (Å²) < 4.78 is 39.2. The highest BCUT2D eigenvalue weighted by Gasteiger charge is 2.33. The van der Waals surface area contributed by atoms with Crippen molar-refractivity contribution < 1.29 is 27.9 Å². The van der Waals surface area contributed by atoms with Gasteiger partial charge in [0.2, 0.25) is 0 Å². The van der Waals surface area contributed by atoms with Crippen molar-refractivity contribution in [3.8, 4) is 0 Å². The van der Waals surface area contributed by atoms with Crippen LogP contribution in [0.2, 0.25) is 0 Å². The van der Waals surface area contributed by atoms with Gasteiger partial charge in [-0.1, -0.05) is 24.3 Å². The molecule has 0 aliphatic rings. The molecule has 0 unspecified atom stereocenters. The van der Waals surface area contributed by atoms with Gasteiger partial charge in [-0.25, -0.2) is 4.98 Å². The molecule has 0 saturated heterocycles. The number of aliphatic carboxylic acids is 1. The van der Waals surface area contributed by atoms with E-state index in [-0.39, 0.29) is 24.6 Å². The number of amides is 1. The molecule has 1 amide bonds. The molecule has 3 rings (SSSR count). The first-order valence-electron chi connectivity index (χ1n) is 9.19. The van der Waals surface area contributed by atoms with Gasteiger partial charge in [-0.3, -0.25) is 14.9 Å². The first kappa shape index (κ1) is 22.3. The Bertz CT molecular complexity index is 1070. The first-order valence-corrected chi connectivity index (χ1v) is 10.0. The van der Waals surface area contributed by atoms with Crippen molar-refractivity contribution in [2.24, 2.45) is 0 Å². The summed E-state index contributed by atoms with van der Waals surface area (Å²) in [7, 11) is 0. The van der Waals surface area contributed by atoms with Crippen molar-refractivity contribution in [3.63, 3.8) is 0 Å². The fourth-order valence-corrected chi connectivity index (χ4v) is 3.54. The summed E-state index contributed by atoms with van der Waals surface area (Å²) in [5.41, 5.74) is 0.317. The molecule has 0 radical (unpaired) electrons. The highest BCUT2D eigenvalue weighted by molar-refractivity contribution is 7.15. The van der Waals surface area contributed by atoms with Crippen LogP contribution in [-0.2, 0) is 23.9 Å². The number of para-hydroxylation sites is 1. The first-order chi connectivity index (χ1) is 14.7. The molecule has 6 nitrogen and oxygen atoms in total. The Hall–Kier alpha value is -3.40. The molecule has 0 aliphatic heterocycles. The third-order valence-electron chi connectivity index (χ3n) is 4.29. The van der Waals surface area contributed by atoms with Gasteiger partial charge in [0, 0.05) is 28.9 Å². The molecule has 3 N–H and O–H groups in total. The molecule has 3 aromatic rings. The lowest BCUT2D eigenvalue weighted by atomic mass is 10.1. The zero-order valence-electron chi connectivity index (χ0n) is 16.1. The molecule has 0 spiro atoms. The van der Waals surface area contributed by atoms with E-state index in [9.17, 15) is 22.8 Å². The molecule has 31 heavy (non-hydrogen) atoms. The number of nitrogens with one attached hydrogen (secondary N) is 2. The number of anilines is 2. The molecular formula is C21H18F3N3O3S. The molecule has 0 atom stereocenters. The predicted molar refractivity (Wildman–Crippen MR) is 111 cm³/mol. The Labute approximate surface area is 179 Å². The number of carboxylic acid groups (broad SMARTS) is 1. The number of halogens is 3. The molecular weight excluding hydrogens is 431 g/mol. The minimum Gasteiger partial charge on any atom is -0.481 e. The van der Waals surface area contributed by atoms with Crippen LogP contribution in [0.25, 0.3) is 0 Å². The summed E-state index contributed by atoms with van der Waals surface area (Å²) in [5.74, 6) is -1.29. The van der Waals surface area contributed by atoms with E-state index < -0.39 is 17.7 Å². The van der Waals surface area contributed by atoms with Gasteiger partial charge in [0.15, 0.2) is 5.13 Å². The predicted octanol–water partition coefficient (Wildman–Crippen LogP) is 5.04. The molecule has 0 aliphatic carbocycles. The number of alkyl halides is 3. The van der Waals surface area contributed by atoms with Gasteiger partial charge in [-0.15, -0.1) is 11.3 Å². The van der Waals surface area contributed by atoms with E-state index in [1.54, 1.807) is 24.3 Å². The summed E-state index contributed by atoms with van der Waals surface area (Å²) in [5, 5.41) is 14.5. The van der Waals surface area contributed by atoms with E-state index >= 15 is 0 Å². The number of carbonyl (C=O) groups is 2. The van der Waals surface area contributed by atoms with Crippen molar-refractivity contribution in [1.29, 1.82) is 0 Å². The fourth-order valence-electron chi connectivity index (χ4n) is 2.74. The minimum absolute atomic E-state index is 0.0145. The summed E-state index contributed by atoms with van der Waals surface area (Å²) in [6, 6.07) is 11.7. The lowest BCUT2D eigenvalue weighted by molar-refractivity contribution is -0.137. The van der Waals surface area contributed by atoms with Crippen LogP contribution in [0.3, 0.4) is 0 Å². The van der Waals surface area contributed by atoms with Crippen LogP contribution in [0, 0.1) is 0 Å². The van der Waals surface area contributed by atoms with E-state index in [0.29, 0.717) is 22.7 Å². The van der Waals surface area contributed by atoms with Gasteiger partial charge in [-0.2, -0.15) is 13.2 Å². The van der Waals surface area contributed by atoms with Gasteiger partial charge >= 0.3 is 12.1 Å². The number of carboxylic acids is 1. The maximum atomic E-state index is 13.1. The molecule has 0 bridgehead atoms. The third kappa shape index (κ3) is 6.29. The maximum absolute atomic E-state index is 13.1. The number of nitrogens with zero attached hydrogens (tertiary/aromatic N) is 1. The van der Waals surface area contributed by atoms with Gasteiger partial charge in [0.05, 0.1) is 12.0 Å². The summed E-state index contributed by atoms with van der Waals surface area (Å²) in [4.78, 5) is 27.8. The van der Waals surface area contributed by atoms with Crippen LogP contribution in [0.15, 0.2) is 54.7 Å². The lowest BCUT2D eigenvalue weighted by Gasteiger charge is -2.14. The van der Waals surface area contributed by atoms with E-state index in [4.69, 9.17) is 5.11 Å². The molecule has 0 saturated carbocycles. The number of aromatic nitrogens is 1. The highest BCUT2D eigenvalue weighted by atomic mass is 32.1. The monoisotopic (exact) mass is 449 g/mol. The van der Waals surface area contributed by atoms with Crippen molar-refractivity contribution in [1.82, 2.24) is 4.98 Å². The smallest absolute Gasteiger partial charge is 0.418 e. The molecule has 2 aromatic carbocycles. The van der Waals surface area contributed by atoms with E-state index in [0.717, 1.165) is 10.9 Å². The number of thiazole rings is 1. The quantitative estimate of drug-likeness (QED) is 0.448. The Kier molecular flexibility index (Phi) is 6.91. The molecule has 1 heterocycles. The average molecular weight is 449 g/mol. The van der Waals surface area contributed by atoms with Crippen molar-refractivity contribution in [2.45, 2.75) is 25.6 Å². The topological polar surface area (TPSA) is 91.3 Å². The van der Waals surface area contributed by atoms with Crippen LogP contribution in [0.4, 0.5) is 24.0 Å². The summed E-state index contributed by atoms with van der Waals surface area (Å²) >= 11 is 1.20. The lowest BCUT2D eigenvalue weighted by Crippen LogP contribution is -2.12.